The van der Waals surface area contributed by atoms with Gasteiger partial charge in [-0.15, -0.1) is 0 Å². The molecule has 0 spiro atoms. The van der Waals surface area contributed by atoms with Crippen LogP contribution in [-0.2, 0) is 9.59 Å². The Bertz CT molecular complexity index is 1100. The Balaban J connectivity index is 1.73. The second kappa shape index (κ2) is 9.45. The summed E-state index contributed by atoms with van der Waals surface area (Å²) in [5.41, 5.74) is 2.30. The van der Waals surface area contributed by atoms with E-state index in [4.69, 9.17) is 0 Å². The van der Waals surface area contributed by atoms with Gasteiger partial charge in [-0.1, -0.05) is 45.0 Å². The highest BCUT2D eigenvalue weighted by atomic mass is 19.1. The van der Waals surface area contributed by atoms with Crippen LogP contribution in [0.1, 0.15) is 45.2 Å². The average molecular weight is 449 g/mol. The maximum absolute atomic E-state index is 13.3. The fraction of sp³-hybridized carbons (Fsp3) is 0.346. The molecule has 2 aromatic rings. The largest absolute Gasteiger partial charge is 0.349 e. The first-order chi connectivity index (χ1) is 15.5. The zero-order chi connectivity index (χ0) is 24.3. The van der Waals surface area contributed by atoms with E-state index >= 15 is 0 Å². The second-order valence-electron chi connectivity index (χ2n) is 9.26. The van der Waals surface area contributed by atoms with Crippen molar-refractivity contribution in [2.75, 3.05) is 23.9 Å². The molecule has 0 saturated heterocycles. The topological polar surface area (TPSA) is 76.4 Å². The third-order valence-electron chi connectivity index (χ3n) is 5.81. The molecule has 1 N–H and O–H groups in total. The van der Waals surface area contributed by atoms with Crippen molar-refractivity contribution in [2.45, 2.75) is 39.7 Å². The Morgan fingerprint density at radius 1 is 1.00 bits per heavy atom. The van der Waals surface area contributed by atoms with Gasteiger partial charge in [-0.25, -0.2) is 4.39 Å². The molecule has 0 aromatic heterocycles. The van der Waals surface area contributed by atoms with Crippen LogP contribution >= 0.6 is 0 Å². The van der Waals surface area contributed by atoms with E-state index in [1.807, 2.05) is 75.0 Å². The highest BCUT2D eigenvalue weighted by Crippen LogP contribution is 2.40. The number of hydrogen-bond donors (Lipinski definition) is 1. The molecule has 0 saturated carbocycles. The number of nitriles is 1. The predicted molar refractivity (Wildman–Crippen MR) is 127 cm³/mol. The molecule has 172 valence electrons. The summed E-state index contributed by atoms with van der Waals surface area (Å²) in [6.07, 6.45) is -0.137. The number of hydrogen-bond acceptors (Lipinski definition) is 5. The highest BCUT2D eigenvalue weighted by molar-refractivity contribution is 6.03. The number of halogens is 1. The summed E-state index contributed by atoms with van der Waals surface area (Å²) in [6, 6.07) is 15.4. The van der Waals surface area contributed by atoms with E-state index in [1.165, 1.54) is 12.1 Å². The van der Waals surface area contributed by atoms with Crippen LogP contribution in [0, 0.1) is 22.6 Å². The molecule has 1 aliphatic heterocycles. The molecule has 0 bridgehead atoms. The molecule has 3 rings (SSSR count). The molecule has 7 heteroatoms. The third-order valence-corrected chi connectivity index (χ3v) is 5.81. The van der Waals surface area contributed by atoms with Crippen molar-refractivity contribution in [1.82, 2.24) is 5.32 Å². The number of allylic oxidation sites excluding steroid dienone is 1. The Hall–Kier alpha value is -3.66. The Kier molecular flexibility index (Phi) is 6.87. The monoisotopic (exact) mass is 448 g/mol. The van der Waals surface area contributed by atoms with E-state index in [-0.39, 0.29) is 47.4 Å². The molecule has 1 heterocycles. The number of nitrogens with one attached hydrogen (secondary N) is 1. The number of nitrogens with zero attached hydrogens (tertiary/aromatic N) is 3. The van der Waals surface area contributed by atoms with Crippen LogP contribution < -0.4 is 15.1 Å². The van der Waals surface area contributed by atoms with E-state index in [0.717, 1.165) is 16.9 Å². The van der Waals surface area contributed by atoms with Gasteiger partial charge in [-0.2, -0.15) is 5.26 Å². The van der Waals surface area contributed by atoms with Crippen LogP contribution in [0.4, 0.5) is 15.8 Å². The number of carbonyl (C=O) groups is 2. The standard InChI is InChI=1S/C26H29FN4O2/c1-26(2,3)24(17-10-12-18(27)13-11-17)29-23(33)15-14-22(32)19(16-28)25-30(4)20-8-6-7-9-21(20)31(25)5/h6-13,24H,14-15H2,1-5H3,(H,29,33). The van der Waals surface area contributed by atoms with Crippen molar-refractivity contribution in [3.63, 3.8) is 0 Å². The molecular weight excluding hydrogens is 419 g/mol. The Morgan fingerprint density at radius 2 is 1.55 bits per heavy atom. The van der Waals surface area contributed by atoms with Gasteiger partial charge < -0.3 is 15.1 Å². The van der Waals surface area contributed by atoms with Gasteiger partial charge in [0, 0.05) is 26.9 Å². The van der Waals surface area contributed by atoms with Crippen LogP contribution in [0.3, 0.4) is 0 Å². The SMILES string of the molecule is CN1C(=C(C#N)C(=O)CCC(=O)NC(c2ccc(F)cc2)C(C)(C)C)N(C)c2ccccc21. The molecular formula is C26H29FN4O2. The van der Waals surface area contributed by atoms with Gasteiger partial charge in [0.2, 0.25) is 5.91 Å². The number of Topliss-reactive ketones (excluding diaryl/α,β-unsaturated/α-hetero) is 1. The predicted octanol–water partition coefficient (Wildman–Crippen LogP) is 4.70. The first kappa shape index (κ1) is 24.0. The normalized spacial score (nSPS) is 13.9. The van der Waals surface area contributed by atoms with Crippen LogP contribution in [0.15, 0.2) is 59.9 Å². The van der Waals surface area contributed by atoms with E-state index in [2.05, 4.69) is 5.32 Å². The molecule has 33 heavy (non-hydrogen) atoms. The summed E-state index contributed by atoms with van der Waals surface area (Å²) in [7, 11) is 3.62. The van der Waals surface area contributed by atoms with Crippen molar-refractivity contribution < 1.29 is 14.0 Å². The lowest BCUT2D eigenvalue weighted by Crippen LogP contribution is -2.36. The molecule has 0 radical (unpaired) electrons. The number of rotatable bonds is 6. The minimum Gasteiger partial charge on any atom is -0.349 e. The van der Waals surface area contributed by atoms with Gasteiger partial charge in [0.15, 0.2) is 5.78 Å². The molecule has 2 aromatic carbocycles. The number of fused-ring (bicyclic) bond motifs is 1. The lowest BCUT2D eigenvalue weighted by Gasteiger charge is -2.32. The summed E-state index contributed by atoms with van der Waals surface area (Å²) in [5, 5.41) is 12.7. The van der Waals surface area contributed by atoms with E-state index < -0.39 is 0 Å². The fourth-order valence-corrected chi connectivity index (χ4v) is 4.10. The summed E-state index contributed by atoms with van der Waals surface area (Å²) >= 11 is 0. The highest BCUT2D eigenvalue weighted by Gasteiger charge is 2.32. The Morgan fingerprint density at radius 3 is 2.03 bits per heavy atom. The molecule has 1 atom stereocenters. The maximum atomic E-state index is 13.3. The van der Waals surface area contributed by atoms with E-state index in [0.29, 0.717) is 5.82 Å². The molecule has 6 nitrogen and oxygen atoms in total. The fourth-order valence-electron chi connectivity index (χ4n) is 4.10. The van der Waals surface area contributed by atoms with Gasteiger partial charge in [0.1, 0.15) is 23.3 Å². The second-order valence-corrected chi connectivity index (χ2v) is 9.26. The van der Waals surface area contributed by atoms with Crippen molar-refractivity contribution in [3.05, 3.63) is 71.3 Å². The molecule has 1 aliphatic rings. The lowest BCUT2D eigenvalue weighted by atomic mass is 9.82. The van der Waals surface area contributed by atoms with Crippen LogP contribution in [0.2, 0.25) is 0 Å². The summed E-state index contributed by atoms with van der Waals surface area (Å²) in [6.45, 7) is 5.94. The molecule has 0 fully saturated rings. The summed E-state index contributed by atoms with van der Waals surface area (Å²) < 4.78 is 13.3. The van der Waals surface area contributed by atoms with Crippen molar-refractivity contribution >= 4 is 23.1 Å². The molecule has 1 unspecified atom stereocenters. The summed E-state index contributed by atoms with van der Waals surface area (Å²) in [4.78, 5) is 29.3. The first-order valence-electron chi connectivity index (χ1n) is 10.8. The molecule has 1 amide bonds. The van der Waals surface area contributed by atoms with Gasteiger partial charge >= 0.3 is 0 Å². The summed E-state index contributed by atoms with van der Waals surface area (Å²) in [5.74, 6) is -0.526. The first-order valence-corrected chi connectivity index (χ1v) is 10.8. The zero-order valence-electron chi connectivity index (χ0n) is 19.6. The smallest absolute Gasteiger partial charge is 0.220 e. The minimum atomic E-state index is -0.386. The minimum absolute atomic E-state index is 0.0231. The van der Waals surface area contributed by atoms with Crippen molar-refractivity contribution in [1.29, 1.82) is 5.26 Å². The number of amides is 1. The van der Waals surface area contributed by atoms with Crippen LogP contribution in [0.5, 0.6) is 0 Å². The quantitative estimate of drug-likeness (QED) is 0.512. The number of benzene rings is 2. The van der Waals surface area contributed by atoms with E-state index in [9.17, 15) is 19.2 Å². The van der Waals surface area contributed by atoms with Gasteiger partial charge in [0.05, 0.1) is 17.4 Å². The zero-order valence-corrected chi connectivity index (χ0v) is 19.6. The number of ketones is 1. The number of carbonyl (C=O) groups excluding carboxylic acids is 2. The average Bonchev–Trinajstić information content (AvgIpc) is 3.02. The van der Waals surface area contributed by atoms with Crippen LogP contribution in [-0.4, -0.2) is 25.8 Å². The van der Waals surface area contributed by atoms with Gasteiger partial charge in [-0.3, -0.25) is 9.59 Å². The van der Waals surface area contributed by atoms with Crippen molar-refractivity contribution in [3.8, 4) is 6.07 Å². The molecule has 0 aliphatic carbocycles. The number of para-hydroxylation sites is 2. The van der Waals surface area contributed by atoms with Gasteiger partial charge in [0.25, 0.3) is 0 Å². The van der Waals surface area contributed by atoms with Crippen LogP contribution in [0.25, 0.3) is 0 Å². The van der Waals surface area contributed by atoms with Gasteiger partial charge in [-0.05, 0) is 35.2 Å². The van der Waals surface area contributed by atoms with E-state index in [1.54, 1.807) is 12.1 Å². The Labute approximate surface area is 194 Å². The number of anilines is 2. The maximum Gasteiger partial charge on any atom is 0.220 e. The lowest BCUT2D eigenvalue weighted by molar-refractivity contribution is -0.125. The van der Waals surface area contributed by atoms with Crippen molar-refractivity contribution in [2.24, 2.45) is 5.41 Å². The third kappa shape index (κ3) is 5.06.